The summed E-state index contributed by atoms with van der Waals surface area (Å²) in [5.74, 6) is -0.108. The Kier molecular flexibility index (Phi) is 5.34. The lowest BCUT2D eigenvalue weighted by atomic mass is 10.1. The van der Waals surface area contributed by atoms with Crippen molar-refractivity contribution in [3.8, 4) is 5.75 Å². The molecule has 0 aliphatic carbocycles. The molecule has 1 aliphatic heterocycles. The minimum atomic E-state index is -3.90. The average Bonchev–Trinajstić information content (AvgIpc) is 2.86. The fourth-order valence-corrected chi connectivity index (χ4v) is 5.72. The van der Waals surface area contributed by atoms with E-state index in [9.17, 15) is 13.2 Å². The number of ether oxygens (including phenoxy) is 1. The first kappa shape index (κ1) is 20.5. The summed E-state index contributed by atoms with van der Waals surface area (Å²) in [5.41, 5.74) is 2.77. The molecule has 1 atom stereocenters. The number of nitrogens with zero attached hydrogens (tertiary/aromatic N) is 1. The molecule has 3 rings (SSSR count). The summed E-state index contributed by atoms with van der Waals surface area (Å²) in [6, 6.07) is 10.4. The number of halogens is 1. The van der Waals surface area contributed by atoms with Gasteiger partial charge in [0.15, 0.2) is 4.75 Å². The molecule has 0 spiro atoms. The summed E-state index contributed by atoms with van der Waals surface area (Å²) in [4.78, 5) is 13.0. The van der Waals surface area contributed by atoms with Crippen LogP contribution in [0.25, 0.3) is 0 Å². The van der Waals surface area contributed by atoms with Gasteiger partial charge in [-0.2, -0.15) is 0 Å². The topological polar surface area (TPSA) is 75.7 Å². The fourth-order valence-electron chi connectivity index (χ4n) is 3.48. The van der Waals surface area contributed by atoms with Crippen molar-refractivity contribution in [1.29, 1.82) is 0 Å². The number of rotatable bonds is 4. The van der Waals surface area contributed by atoms with Gasteiger partial charge in [-0.15, -0.1) is 0 Å². The third kappa shape index (κ3) is 3.22. The second-order valence-corrected chi connectivity index (χ2v) is 9.80. The van der Waals surface area contributed by atoms with Crippen LogP contribution < -0.4 is 14.4 Å². The smallest absolute Gasteiger partial charge is 0.249 e. The van der Waals surface area contributed by atoms with E-state index in [0.717, 1.165) is 11.1 Å². The van der Waals surface area contributed by atoms with Gasteiger partial charge in [-0.05, 0) is 56.5 Å². The van der Waals surface area contributed by atoms with E-state index in [0.29, 0.717) is 22.1 Å². The molecule has 28 heavy (non-hydrogen) atoms. The normalized spacial score (nSPS) is 20.8. The SMILES string of the molecule is COc1ccc(NC(=O)C2(C)CCN(c3c(C)cccc3C)S2(=O)=O)cc1Cl. The Hall–Kier alpha value is -2.25. The van der Waals surface area contributed by atoms with Gasteiger partial charge in [0.05, 0.1) is 17.8 Å². The maximum absolute atomic E-state index is 13.3. The van der Waals surface area contributed by atoms with Gasteiger partial charge in [0.25, 0.3) is 0 Å². The van der Waals surface area contributed by atoms with Gasteiger partial charge >= 0.3 is 0 Å². The first-order valence-electron chi connectivity index (χ1n) is 8.85. The summed E-state index contributed by atoms with van der Waals surface area (Å²) < 4.78 is 31.6. The molecular formula is C20H23ClN2O4S. The molecule has 0 bridgehead atoms. The summed E-state index contributed by atoms with van der Waals surface area (Å²) in [7, 11) is -2.41. The standard InChI is InChI=1S/C20H23ClN2O4S/c1-13-6-5-7-14(2)18(13)23-11-10-20(3,28(23,25)26)19(24)22-15-8-9-17(27-4)16(21)12-15/h5-9,12H,10-11H2,1-4H3,(H,22,24). The van der Waals surface area contributed by atoms with Crippen molar-refractivity contribution in [3.05, 3.63) is 52.5 Å². The van der Waals surface area contributed by atoms with Crippen LogP contribution in [0.5, 0.6) is 5.75 Å². The quantitative estimate of drug-likeness (QED) is 0.810. The van der Waals surface area contributed by atoms with E-state index in [1.54, 1.807) is 12.1 Å². The Bertz CT molecular complexity index is 1020. The molecule has 1 N–H and O–H groups in total. The van der Waals surface area contributed by atoms with E-state index in [1.165, 1.54) is 24.4 Å². The van der Waals surface area contributed by atoms with Crippen LogP contribution in [-0.2, 0) is 14.8 Å². The number of sulfonamides is 1. The lowest BCUT2D eigenvalue weighted by Gasteiger charge is -2.27. The highest BCUT2D eigenvalue weighted by Crippen LogP contribution is 2.40. The Morgan fingerprint density at radius 2 is 1.86 bits per heavy atom. The Morgan fingerprint density at radius 3 is 2.43 bits per heavy atom. The third-order valence-corrected chi connectivity index (χ3v) is 8.00. The number of benzene rings is 2. The largest absolute Gasteiger partial charge is 0.495 e. The predicted molar refractivity (Wildman–Crippen MR) is 112 cm³/mol. The molecule has 0 radical (unpaired) electrons. The first-order valence-corrected chi connectivity index (χ1v) is 10.7. The second kappa shape index (κ2) is 7.29. The van der Waals surface area contributed by atoms with E-state index < -0.39 is 20.7 Å². The van der Waals surface area contributed by atoms with E-state index in [-0.39, 0.29) is 13.0 Å². The highest BCUT2D eigenvalue weighted by atomic mass is 35.5. The number of carbonyl (C=O) groups is 1. The van der Waals surface area contributed by atoms with Gasteiger partial charge < -0.3 is 10.1 Å². The summed E-state index contributed by atoms with van der Waals surface area (Å²) >= 11 is 6.10. The van der Waals surface area contributed by atoms with Crippen LogP contribution in [0.3, 0.4) is 0 Å². The first-order chi connectivity index (χ1) is 13.1. The fraction of sp³-hybridized carbons (Fsp3) is 0.350. The van der Waals surface area contributed by atoms with Crippen LogP contribution in [0.15, 0.2) is 36.4 Å². The van der Waals surface area contributed by atoms with Gasteiger partial charge in [0.2, 0.25) is 15.9 Å². The van der Waals surface area contributed by atoms with Crippen molar-refractivity contribution in [3.63, 3.8) is 0 Å². The zero-order chi connectivity index (χ0) is 20.7. The van der Waals surface area contributed by atoms with Gasteiger partial charge in [0.1, 0.15) is 5.75 Å². The summed E-state index contributed by atoms with van der Waals surface area (Å²) in [6.07, 6.45) is 0.193. The number of anilines is 2. The molecule has 1 heterocycles. The molecule has 6 nitrogen and oxygen atoms in total. The Balaban J connectivity index is 1.92. The summed E-state index contributed by atoms with van der Waals surface area (Å²) in [6.45, 7) is 5.46. The molecule has 2 aromatic carbocycles. The van der Waals surface area contributed by atoms with Crippen LogP contribution in [0.4, 0.5) is 11.4 Å². The van der Waals surface area contributed by atoms with Crippen molar-refractivity contribution in [1.82, 2.24) is 0 Å². The van der Waals surface area contributed by atoms with Crippen LogP contribution >= 0.6 is 11.6 Å². The number of nitrogens with one attached hydrogen (secondary N) is 1. The highest BCUT2D eigenvalue weighted by molar-refractivity contribution is 7.95. The average molecular weight is 423 g/mol. The molecule has 1 saturated heterocycles. The van der Waals surface area contributed by atoms with Crippen molar-refractivity contribution in [2.75, 3.05) is 23.3 Å². The maximum Gasteiger partial charge on any atom is 0.249 e. The van der Waals surface area contributed by atoms with Crippen molar-refractivity contribution >= 4 is 38.9 Å². The van der Waals surface area contributed by atoms with E-state index in [2.05, 4.69) is 5.32 Å². The predicted octanol–water partition coefficient (Wildman–Crippen LogP) is 3.90. The number of hydrogen-bond acceptors (Lipinski definition) is 4. The van der Waals surface area contributed by atoms with Gasteiger partial charge in [-0.3, -0.25) is 9.10 Å². The number of methoxy groups -OCH3 is 1. The van der Waals surface area contributed by atoms with Crippen LogP contribution in [-0.4, -0.2) is 32.7 Å². The van der Waals surface area contributed by atoms with Gasteiger partial charge in [0, 0.05) is 12.2 Å². The minimum Gasteiger partial charge on any atom is -0.495 e. The maximum atomic E-state index is 13.3. The summed E-state index contributed by atoms with van der Waals surface area (Å²) in [5, 5.41) is 3.02. The molecule has 150 valence electrons. The van der Waals surface area contributed by atoms with E-state index >= 15 is 0 Å². The lowest BCUT2D eigenvalue weighted by Crippen LogP contribution is -2.47. The number of amides is 1. The van der Waals surface area contributed by atoms with Crippen LogP contribution in [0, 0.1) is 13.8 Å². The number of carbonyl (C=O) groups excluding carboxylic acids is 1. The lowest BCUT2D eigenvalue weighted by molar-refractivity contribution is -0.118. The number of aryl methyl sites for hydroxylation is 2. The molecule has 1 aliphatic rings. The minimum absolute atomic E-state index is 0.193. The molecule has 1 amide bonds. The molecule has 0 saturated carbocycles. The second-order valence-electron chi connectivity index (χ2n) is 7.10. The van der Waals surface area contributed by atoms with Crippen molar-refractivity contribution in [2.24, 2.45) is 0 Å². The van der Waals surface area contributed by atoms with Crippen LogP contribution in [0.1, 0.15) is 24.5 Å². The molecule has 1 unspecified atom stereocenters. The zero-order valence-electron chi connectivity index (χ0n) is 16.2. The highest BCUT2D eigenvalue weighted by Gasteiger charge is 2.55. The van der Waals surface area contributed by atoms with E-state index in [4.69, 9.17) is 16.3 Å². The molecule has 1 fully saturated rings. The van der Waals surface area contributed by atoms with E-state index in [1.807, 2.05) is 32.0 Å². The third-order valence-electron chi connectivity index (χ3n) is 5.23. The number of para-hydroxylation sites is 1. The Morgan fingerprint density at radius 1 is 1.21 bits per heavy atom. The monoisotopic (exact) mass is 422 g/mol. The molecule has 0 aromatic heterocycles. The van der Waals surface area contributed by atoms with Gasteiger partial charge in [-0.25, -0.2) is 8.42 Å². The molecular weight excluding hydrogens is 400 g/mol. The Labute approximate surface area is 170 Å². The van der Waals surface area contributed by atoms with Crippen LogP contribution in [0.2, 0.25) is 5.02 Å². The molecule has 2 aromatic rings. The molecule has 8 heteroatoms. The zero-order valence-corrected chi connectivity index (χ0v) is 17.8. The van der Waals surface area contributed by atoms with Gasteiger partial charge in [-0.1, -0.05) is 29.8 Å². The van der Waals surface area contributed by atoms with Crippen molar-refractivity contribution in [2.45, 2.75) is 31.9 Å². The van der Waals surface area contributed by atoms with Crippen molar-refractivity contribution < 1.29 is 17.9 Å². The number of hydrogen-bond donors (Lipinski definition) is 1.